The molecular formula is C21H27NO4. The van der Waals surface area contributed by atoms with Gasteiger partial charge in [-0.1, -0.05) is 12.1 Å². The van der Waals surface area contributed by atoms with Crippen molar-refractivity contribution < 1.29 is 19.1 Å². The molecule has 0 bridgehead atoms. The third-order valence-corrected chi connectivity index (χ3v) is 5.41. The molecule has 2 aliphatic heterocycles. The second-order valence-corrected chi connectivity index (χ2v) is 7.69. The summed E-state index contributed by atoms with van der Waals surface area (Å²) >= 11 is 0. The molecular weight excluding hydrogens is 330 g/mol. The second kappa shape index (κ2) is 7.62. The highest BCUT2D eigenvalue weighted by Gasteiger charge is 2.35. The lowest BCUT2D eigenvalue weighted by atomic mass is 9.75. The molecule has 0 radical (unpaired) electrons. The van der Waals surface area contributed by atoms with Crippen molar-refractivity contribution in [2.24, 2.45) is 5.92 Å². The predicted octanol–water partition coefficient (Wildman–Crippen LogP) is 3.30. The van der Waals surface area contributed by atoms with Gasteiger partial charge in [0, 0.05) is 25.3 Å². The molecule has 0 unspecified atom stereocenters. The van der Waals surface area contributed by atoms with Gasteiger partial charge in [0.25, 0.3) is 11.8 Å². The Bertz CT molecular complexity index is 674. The van der Waals surface area contributed by atoms with Crippen molar-refractivity contribution in [3.8, 4) is 5.75 Å². The van der Waals surface area contributed by atoms with Crippen molar-refractivity contribution in [3.05, 3.63) is 42.0 Å². The largest absolute Gasteiger partial charge is 0.497 e. The lowest BCUT2D eigenvalue weighted by Gasteiger charge is -2.40. The van der Waals surface area contributed by atoms with Crippen LogP contribution in [-0.2, 0) is 14.3 Å². The van der Waals surface area contributed by atoms with Crippen LogP contribution in [0.15, 0.2) is 36.4 Å². The number of hydrogen-bond acceptors (Lipinski definition) is 4. The third-order valence-electron chi connectivity index (χ3n) is 5.41. The summed E-state index contributed by atoms with van der Waals surface area (Å²) in [6, 6.07) is 8.14. The minimum absolute atomic E-state index is 0.144. The number of carbonyl (C=O) groups excluding carboxylic acids is 2. The first kappa shape index (κ1) is 18.6. The molecule has 0 aliphatic carbocycles. The quantitative estimate of drug-likeness (QED) is 0.733. The first-order chi connectivity index (χ1) is 12.4. The first-order valence-electron chi connectivity index (χ1n) is 9.21. The van der Waals surface area contributed by atoms with Gasteiger partial charge in [0.1, 0.15) is 5.75 Å². The van der Waals surface area contributed by atoms with Crippen LogP contribution in [0, 0.1) is 5.92 Å². The highest BCUT2D eigenvalue weighted by atomic mass is 16.5. The summed E-state index contributed by atoms with van der Waals surface area (Å²) < 4.78 is 11.2. The summed E-state index contributed by atoms with van der Waals surface area (Å²) in [6.45, 7) is 5.44. The Kier molecular flexibility index (Phi) is 5.47. The Hall–Kier alpha value is -2.14. The lowest BCUT2D eigenvalue weighted by molar-refractivity contribution is -0.137. The van der Waals surface area contributed by atoms with Gasteiger partial charge >= 0.3 is 0 Å². The molecule has 2 amide bonds. The smallest absolute Gasteiger partial charge is 0.253 e. The average molecular weight is 357 g/mol. The Balaban J connectivity index is 1.78. The average Bonchev–Trinajstić information content (AvgIpc) is 2.93. The predicted molar refractivity (Wildman–Crippen MR) is 99.0 cm³/mol. The Morgan fingerprint density at radius 2 is 1.85 bits per heavy atom. The maximum absolute atomic E-state index is 11.9. The van der Waals surface area contributed by atoms with E-state index < -0.39 is 0 Å². The van der Waals surface area contributed by atoms with E-state index in [0.29, 0.717) is 12.5 Å². The van der Waals surface area contributed by atoms with Crippen molar-refractivity contribution in [3.63, 3.8) is 0 Å². The molecule has 5 nitrogen and oxygen atoms in total. The summed E-state index contributed by atoms with van der Waals surface area (Å²) in [5.74, 6) is 1.12. The molecule has 2 aliphatic rings. The number of hydrogen-bond donors (Lipinski definition) is 0. The van der Waals surface area contributed by atoms with E-state index in [4.69, 9.17) is 9.47 Å². The fourth-order valence-electron chi connectivity index (χ4n) is 4.07. The molecule has 1 aromatic carbocycles. The zero-order valence-electron chi connectivity index (χ0n) is 15.7. The standard InChI is InChI=1S/C21H27NO4/c1-21(2)14-16(11-13-26-21)18(15-4-6-17(25-3)7-5-15)10-12-22-19(23)8-9-20(22)24/h4-9,16,18H,10-14H2,1-3H3/t16-,18-/m0/s1. The lowest BCUT2D eigenvalue weighted by Crippen LogP contribution is -2.38. The van der Waals surface area contributed by atoms with Crippen molar-refractivity contribution in [2.45, 2.75) is 44.6 Å². The van der Waals surface area contributed by atoms with Gasteiger partial charge in [0.2, 0.25) is 0 Å². The second-order valence-electron chi connectivity index (χ2n) is 7.69. The zero-order valence-corrected chi connectivity index (χ0v) is 15.7. The van der Waals surface area contributed by atoms with Crippen LogP contribution in [0.25, 0.3) is 0 Å². The van der Waals surface area contributed by atoms with Gasteiger partial charge in [0.15, 0.2) is 0 Å². The fourth-order valence-corrected chi connectivity index (χ4v) is 4.07. The van der Waals surface area contributed by atoms with Crippen LogP contribution in [0.3, 0.4) is 0 Å². The number of methoxy groups -OCH3 is 1. The molecule has 0 spiro atoms. The molecule has 2 heterocycles. The van der Waals surface area contributed by atoms with Gasteiger partial charge in [0.05, 0.1) is 12.7 Å². The van der Waals surface area contributed by atoms with Crippen LogP contribution < -0.4 is 4.74 Å². The highest BCUT2D eigenvalue weighted by Crippen LogP contribution is 2.40. The fraction of sp³-hybridized carbons (Fsp3) is 0.524. The summed E-state index contributed by atoms with van der Waals surface area (Å²) in [5, 5.41) is 0. The monoisotopic (exact) mass is 357 g/mol. The van der Waals surface area contributed by atoms with Gasteiger partial charge in [-0.2, -0.15) is 0 Å². The molecule has 1 saturated heterocycles. The van der Waals surface area contributed by atoms with Crippen molar-refractivity contribution >= 4 is 11.8 Å². The van der Waals surface area contributed by atoms with Crippen LogP contribution in [0.1, 0.15) is 44.6 Å². The van der Waals surface area contributed by atoms with Crippen LogP contribution in [0.5, 0.6) is 5.75 Å². The number of benzene rings is 1. The summed E-state index contributed by atoms with van der Waals surface area (Å²) in [4.78, 5) is 25.1. The maximum atomic E-state index is 11.9. The number of nitrogens with zero attached hydrogens (tertiary/aromatic N) is 1. The van der Waals surface area contributed by atoms with Crippen LogP contribution in [0.4, 0.5) is 0 Å². The topological polar surface area (TPSA) is 55.8 Å². The number of carbonyl (C=O) groups is 2. The third kappa shape index (κ3) is 4.15. The van der Waals surface area contributed by atoms with E-state index in [0.717, 1.165) is 31.6 Å². The van der Waals surface area contributed by atoms with E-state index in [-0.39, 0.29) is 23.3 Å². The van der Waals surface area contributed by atoms with Crippen molar-refractivity contribution in [2.75, 3.05) is 20.3 Å². The molecule has 3 rings (SSSR count). The SMILES string of the molecule is COc1ccc([C@H](CCN2C(=O)C=CC2=O)[C@H]2CCOC(C)(C)C2)cc1. The van der Waals surface area contributed by atoms with Gasteiger partial charge in [-0.15, -0.1) is 0 Å². The van der Waals surface area contributed by atoms with E-state index >= 15 is 0 Å². The van der Waals surface area contributed by atoms with E-state index in [2.05, 4.69) is 26.0 Å². The van der Waals surface area contributed by atoms with E-state index in [1.54, 1.807) is 7.11 Å². The van der Waals surface area contributed by atoms with Gasteiger partial charge < -0.3 is 9.47 Å². The van der Waals surface area contributed by atoms with Gasteiger partial charge in [-0.25, -0.2) is 0 Å². The van der Waals surface area contributed by atoms with E-state index in [1.165, 1.54) is 22.6 Å². The molecule has 0 aromatic heterocycles. The molecule has 140 valence electrons. The Morgan fingerprint density at radius 3 is 2.42 bits per heavy atom. The first-order valence-corrected chi connectivity index (χ1v) is 9.21. The summed E-state index contributed by atoms with van der Waals surface area (Å²) in [5.41, 5.74) is 1.08. The van der Waals surface area contributed by atoms with E-state index in [9.17, 15) is 9.59 Å². The van der Waals surface area contributed by atoms with Crippen LogP contribution in [-0.4, -0.2) is 42.6 Å². The maximum Gasteiger partial charge on any atom is 0.253 e. The minimum Gasteiger partial charge on any atom is -0.497 e. The summed E-state index contributed by atoms with van der Waals surface area (Å²) in [6.07, 6.45) is 5.40. The van der Waals surface area contributed by atoms with Gasteiger partial charge in [-0.05, 0) is 62.6 Å². The number of rotatable bonds is 6. The Morgan fingerprint density at radius 1 is 1.19 bits per heavy atom. The molecule has 26 heavy (non-hydrogen) atoms. The number of ether oxygens (including phenoxy) is 2. The highest BCUT2D eigenvalue weighted by molar-refractivity contribution is 6.12. The van der Waals surface area contributed by atoms with E-state index in [1.807, 2.05) is 12.1 Å². The zero-order chi connectivity index (χ0) is 18.7. The minimum atomic E-state index is -0.212. The molecule has 5 heteroatoms. The van der Waals surface area contributed by atoms with Crippen LogP contribution >= 0.6 is 0 Å². The normalized spacial score (nSPS) is 23.3. The molecule has 0 saturated carbocycles. The van der Waals surface area contributed by atoms with Crippen LogP contribution in [0.2, 0.25) is 0 Å². The molecule has 0 N–H and O–H groups in total. The number of amides is 2. The molecule has 2 atom stereocenters. The Labute approximate surface area is 155 Å². The van der Waals surface area contributed by atoms with Gasteiger partial charge in [-0.3, -0.25) is 14.5 Å². The van der Waals surface area contributed by atoms with Crippen molar-refractivity contribution in [1.29, 1.82) is 0 Å². The summed E-state index contributed by atoms with van der Waals surface area (Å²) in [7, 11) is 1.66. The molecule has 1 fully saturated rings. The molecule has 1 aromatic rings. The number of imide groups is 1. The van der Waals surface area contributed by atoms with Crippen molar-refractivity contribution in [1.82, 2.24) is 4.90 Å².